The molecule has 2 aliphatic carbocycles. The number of hydrogen-bond donors (Lipinski definition) is 0. The molecule has 1 saturated carbocycles. The Labute approximate surface area is 213 Å². The van der Waals surface area contributed by atoms with Crippen LogP contribution in [0, 0.1) is 35.5 Å². The quantitative estimate of drug-likeness (QED) is 0.230. The summed E-state index contributed by atoms with van der Waals surface area (Å²) in [6.45, 7) is 0.119. The van der Waals surface area contributed by atoms with Gasteiger partial charge in [-0.15, -0.1) is 0 Å². The summed E-state index contributed by atoms with van der Waals surface area (Å²) in [5.41, 5.74) is 0. The zero-order valence-electron chi connectivity index (χ0n) is 20.5. The van der Waals surface area contributed by atoms with Crippen LogP contribution in [0.5, 0.6) is 0 Å². The molecule has 6 aliphatic rings. The first-order valence-corrected chi connectivity index (χ1v) is 12.9. The van der Waals surface area contributed by atoms with Gasteiger partial charge in [-0.3, -0.25) is 38.6 Å². The monoisotopic (exact) mass is 511 g/mol. The van der Waals surface area contributed by atoms with Crippen LogP contribution in [0.1, 0.15) is 19.3 Å². The minimum atomic E-state index is -0.533. The average molecular weight is 512 g/mol. The number of ether oxygens (including phenoxy) is 2. The van der Waals surface area contributed by atoms with Crippen LogP contribution in [0.3, 0.4) is 0 Å². The van der Waals surface area contributed by atoms with Crippen molar-refractivity contribution in [2.45, 2.75) is 31.5 Å². The highest BCUT2D eigenvalue weighted by Crippen LogP contribution is 2.52. The Morgan fingerprint density at radius 3 is 1.78 bits per heavy atom. The Bertz CT molecular complexity index is 1010. The van der Waals surface area contributed by atoms with Gasteiger partial charge in [0.1, 0.15) is 0 Å². The van der Waals surface area contributed by atoms with Crippen molar-refractivity contribution >= 4 is 35.5 Å². The molecular formula is C26H29N3O8. The lowest BCUT2D eigenvalue weighted by Crippen LogP contribution is -2.46. The molecule has 0 aromatic rings. The Balaban J connectivity index is 1.12. The molecule has 4 heterocycles. The Kier molecular flexibility index (Phi) is 5.78. The van der Waals surface area contributed by atoms with Crippen LogP contribution in [0.2, 0.25) is 0 Å². The highest BCUT2D eigenvalue weighted by atomic mass is 16.5. The predicted molar refractivity (Wildman–Crippen MR) is 124 cm³/mol. The van der Waals surface area contributed by atoms with Gasteiger partial charge in [0.25, 0.3) is 0 Å². The van der Waals surface area contributed by atoms with E-state index in [1.165, 1.54) is 21.8 Å². The second kappa shape index (κ2) is 8.90. The van der Waals surface area contributed by atoms with Crippen molar-refractivity contribution in [3.8, 4) is 0 Å². The Hall–Kier alpha value is -3.34. The number of nitrogens with zero attached hydrogens (tertiary/aromatic N) is 3. The van der Waals surface area contributed by atoms with Crippen LogP contribution in [-0.4, -0.2) is 95.7 Å². The zero-order valence-corrected chi connectivity index (χ0v) is 20.5. The normalized spacial score (nSPS) is 36.2. The minimum absolute atomic E-state index is 0.00468. The summed E-state index contributed by atoms with van der Waals surface area (Å²) < 4.78 is 10.3. The smallest absolute Gasteiger partial charge is 0.306 e. The Morgan fingerprint density at radius 2 is 1.30 bits per heavy atom. The summed E-state index contributed by atoms with van der Waals surface area (Å²) in [5, 5.41) is 0. The van der Waals surface area contributed by atoms with E-state index in [0.29, 0.717) is 0 Å². The van der Waals surface area contributed by atoms with Crippen LogP contribution in [0.15, 0.2) is 24.3 Å². The first-order chi connectivity index (χ1) is 17.8. The summed E-state index contributed by atoms with van der Waals surface area (Å²) in [6.07, 6.45) is 7.46. The van der Waals surface area contributed by atoms with Crippen molar-refractivity contribution in [2.75, 3.05) is 33.3 Å². The van der Waals surface area contributed by atoms with Gasteiger partial charge in [-0.25, -0.2) is 0 Å². The van der Waals surface area contributed by atoms with Gasteiger partial charge in [-0.05, 0) is 18.3 Å². The Morgan fingerprint density at radius 1 is 0.811 bits per heavy atom. The summed E-state index contributed by atoms with van der Waals surface area (Å²) in [5.74, 6) is -3.46. The van der Waals surface area contributed by atoms with Crippen molar-refractivity contribution in [3.05, 3.63) is 24.3 Å². The van der Waals surface area contributed by atoms with Crippen molar-refractivity contribution in [1.29, 1.82) is 0 Å². The molecule has 5 amide bonds. The van der Waals surface area contributed by atoms with E-state index in [1.807, 2.05) is 24.3 Å². The van der Waals surface area contributed by atoms with Gasteiger partial charge in [0.05, 0.1) is 49.4 Å². The standard InChI is InChI=1S/C26H29N3O8/c1-36-18(31)7-6-17(30)27(8-10-28-23(32)19-13-2-3-14(12-13)20(19)24(28)33)9-11-29-25(34)21-15-4-5-16(37-15)22(21)26(29)35/h2-5,13-16,19-22H,6-12H2,1H3. The number of imide groups is 2. The maximum atomic E-state index is 13.0. The van der Waals surface area contributed by atoms with E-state index in [1.54, 1.807) is 0 Å². The largest absolute Gasteiger partial charge is 0.469 e. The number of carbonyl (C=O) groups is 6. The molecule has 4 aliphatic heterocycles. The van der Waals surface area contributed by atoms with E-state index in [0.717, 1.165) is 6.42 Å². The lowest BCUT2D eigenvalue weighted by molar-refractivity contribution is -0.145. The maximum Gasteiger partial charge on any atom is 0.306 e. The van der Waals surface area contributed by atoms with Crippen LogP contribution in [0.4, 0.5) is 0 Å². The molecule has 3 saturated heterocycles. The maximum absolute atomic E-state index is 13.0. The molecule has 0 aromatic heterocycles. The summed E-state index contributed by atoms with van der Waals surface area (Å²) in [6, 6.07) is 0. The van der Waals surface area contributed by atoms with Gasteiger partial charge >= 0.3 is 5.97 Å². The van der Waals surface area contributed by atoms with Gasteiger partial charge < -0.3 is 14.4 Å². The lowest BCUT2D eigenvalue weighted by atomic mass is 9.85. The van der Waals surface area contributed by atoms with Gasteiger partial charge in [0.2, 0.25) is 29.5 Å². The molecule has 0 aromatic carbocycles. The molecule has 6 rings (SSSR count). The summed E-state index contributed by atoms with van der Waals surface area (Å²) >= 11 is 0. The van der Waals surface area contributed by atoms with Crippen molar-refractivity contribution in [2.24, 2.45) is 35.5 Å². The van der Waals surface area contributed by atoms with E-state index >= 15 is 0 Å². The molecule has 0 radical (unpaired) electrons. The number of methoxy groups -OCH3 is 1. The lowest BCUT2D eigenvalue weighted by Gasteiger charge is -2.27. The number of rotatable bonds is 9. The fourth-order valence-electron chi connectivity index (χ4n) is 7.04. The van der Waals surface area contributed by atoms with Gasteiger partial charge in [0, 0.05) is 32.6 Å². The summed E-state index contributed by atoms with van der Waals surface area (Å²) in [7, 11) is 1.24. The molecule has 8 unspecified atom stereocenters. The number of allylic oxidation sites excluding steroid dienone is 2. The molecule has 11 nitrogen and oxygen atoms in total. The zero-order chi connectivity index (χ0) is 26.0. The molecule has 196 valence electrons. The number of amides is 5. The highest BCUT2D eigenvalue weighted by molar-refractivity contribution is 6.07. The van der Waals surface area contributed by atoms with E-state index in [-0.39, 0.29) is 92.2 Å². The fraction of sp³-hybridized carbons (Fsp3) is 0.615. The highest BCUT2D eigenvalue weighted by Gasteiger charge is 2.61. The predicted octanol–water partition coefficient (Wildman–Crippen LogP) is -0.486. The van der Waals surface area contributed by atoms with Gasteiger partial charge in [-0.1, -0.05) is 24.3 Å². The molecule has 0 N–H and O–H groups in total. The third-order valence-corrected chi connectivity index (χ3v) is 8.87. The molecule has 4 bridgehead atoms. The molecule has 11 heteroatoms. The number of fused-ring (bicyclic) bond motifs is 10. The average Bonchev–Trinajstić information content (AvgIpc) is 3.73. The van der Waals surface area contributed by atoms with Crippen molar-refractivity contribution < 1.29 is 38.2 Å². The van der Waals surface area contributed by atoms with Crippen molar-refractivity contribution in [3.63, 3.8) is 0 Å². The van der Waals surface area contributed by atoms with Crippen LogP contribution in [0.25, 0.3) is 0 Å². The topological polar surface area (TPSA) is 131 Å². The van der Waals surface area contributed by atoms with Crippen LogP contribution >= 0.6 is 0 Å². The van der Waals surface area contributed by atoms with Gasteiger partial charge in [0.15, 0.2) is 0 Å². The minimum Gasteiger partial charge on any atom is -0.469 e. The third-order valence-electron chi connectivity index (χ3n) is 8.87. The molecule has 0 spiro atoms. The van der Waals surface area contributed by atoms with E-state index in [9.17, 15) is 28.8 Å². The number of carbonyl (C=O) groups excluding carboxylic acids is 6. The van der Waals surface area contributed by atoms with Crippen LogP contribution < -0.4 is 0 Å². The van der Waals surface area contributed by atoms with Gasteiger partial charge in [-0.2, -0.15) is 0 Å². The van der Waals surface area contributed by atoms with E-state index in [4.69, 9.17) is 4.74 Å². The second-order valence-electron chi connectivity index (χ2n) is 10.6. The molecule has 37 heavy (non-hydrogen) atoms. The first-order valence-electron chi connectivity index (χ1n) is 12.9. The molecule has 8 atom stereocenters. The van der Waals surface area contributed by atoms with E-state index < -0.39 is 30.0 Å². The molecule has 4 fully saturated rings. The second-order valence-corrected chi connectivity index (χ2v) is 10.6. The SMILES string of the molecule is COC(=O)CCC(=O)N(CCN1C(=O)C2C3C=CC(C3)C2C1=O)CCN1C(=O)C2C3C=CC(O3)C2C1=O. The number of esters is 1. The first kappa shape index (κ1) is 24.0. The fourth-order valence-corrected chi connectivity index (χ4v) is 7.04. The number of hydrogen-bond acceptors (Lipinski definition) is 8. The third kappa shape index (κ3) is 3.65. The van der Waals surface area contributed by atoms with E-state index in [2.05, 4.69) is 4.74 Å². The summed E-state index contributed by atoms with van der Waals surface area (Å²) in [4.78, 5) is 80.5. The number of likely N-dealkylation sites (tertiary alicyclic amines) is 2. The van der Waals surface area contributed by atoms with Crippen molar-refractivity contribution in [1.82, 2.24) is 14.7 Å². The molecular weight excluding hydrogens is 482 g/mol. The van der Waals surface area contributed by atoms with Crippen LogP contribution in [-0.2, 0) is 38.2 Å².